The van der Waals surface area contributed by atoms with Crippen molar-refractivity contribution >= 4 is 0 Å². The van der Waals surface area contributed by atoms with Crippen LogP contribution < -0.4 is 5.56 Å². The average molecular weight is 222 g/mol. The summed E-state index contributed by atoms with van der Waals surface area (Å²) in [5, 5.41) is 0. The van der Waals surface area contributed by atoms with Crippen molar-refractivity contribution in [3.8, 4) is 11.3 Å². The molecule has 1 aromatic heterocycles. The molecular formula is C11H8F2N2O. The minimum absolute atomic E-state index is 0.0116. The number of hydrogen-bond acceptors (Lipinski definition) is 2. The lowest BCUT2D eigenvalue weighted by Crippen LogP contribution is -2.06. The van der Waals surface area contributed by atoms with Crippen LogP contribution in [0, 0.1) is 18.6 Å². The maximum Gasteiger partial charge on any atom is 0.251 e. The fraction of sp³-hybridized carbons (Fsp3) is 0.0909. The summed E-state index contributed by atoms with van der Waals surface area (Å²) in [6.07, 6.45) is 1.11. The Hall–Kier alpha value is -2.04. The Bertz CT molecular complexity index is 593. The third-order valence-corrected chi connectivity index (χ3v) is 2.22. The standard InChI is InChI=1S/C11H8F2N2O/c1-6-2-3-7(12)10(11(6)13)8-4-9(16)15-5-14-8/h2-5H,1H3,(H,14,15,16). The molecule has 0 aliphatic heterocycles. The minimum Gasteiger partial charge on any atom is -0.313 e. The fourth-order valence-corrected chi connectivity index (χ4v) is 1.40. The van der Waals surface area contributed by atoms with E-state index in [4.69, 9.17) is 0 Å². The number of aryl methyl sites for hydroxylation is 1. The lowest BCUT2D eigenvalue weighted by Gasteiger charge is -2.05. The van der Waals surface area contributed by atoms with E-state index >= 15 is 0 Å². The van der Waals surface area contributed by atoms with Gasteiger partial charge in [0.1, 0.15) is 11.6 Å². The zero-order valence-electron chi connectivity index (χ0n) is 8.42. The average Bonchev–Trinajstić information content (AvgIpc) is 2.24. The summed E-state index contributed by atoms with van der Waals surface area (Å²) in [6, 6.07) is 3.54. The minimum atomic E-state index is -0.735. The van der Waals surface area contributed by atoms with E-state index in [2.05, 4.69) is 9.97 Å². The zero-order chi connectivity index (χ0) is 11.7. The molecule has 82 valence electrons. The molecule has 0 aliphatic rings. The summed E-state index contributed by atoms with van der Waals surface area (Å²) in [6.45, 7) is 1.52. The van der Waals surface area contributed by atoms with Gasteiger partial charge in [0.25, 0.3) is 5.56 Å². The predicted molar refractivity (Wildman–Crippen MR) is 54.9 cm³/mol. The Morgan fingerprint density at radius 3 is 2.75 bits per heavy atom. The first-order valence-corrected chi connectivity index (χ1v) is 4.59. The number of benzene rings is 1. The molecule has 0 aliphatic carbocycles. The van der Waals surface area contributed by atoms with Crippen LogP contribution in [-0.2, 0) is 0 Å². The van der Waals surface area contributed by atoms with Gasteiger partial charge in [0.15, 0.2) is 0 Å². The first kappa shape index (κ1) is 10.5. The highest BCUT2D eigenvalue weighted by Gasteiger charge is 2.14. The molecule has 0 unspecified atom stereocenters. The summed E-state index contributed by atoms with van der Waals surface area (Å²) in [7, 11) is 0. The van der Waals surface area contributed by atoms with Crippen molar-refractivity contribution in [3.63, 3.8) is 0 Å². The molecule has 2 rings (SSSR count). The number of aromatic nitrogens is 2. The lowest BCUT2D eigenvalue weighted by atomic mass is 10.1. The Kier molecular flexibility index (Phi) is 2.52. The maximum atomic E-state index is 13.7. The number of nitrogens with zero attached hydrogens (tertiary/aromatic N) is 1. The molecule has 1 aromatic carbocycles. The van der Waals surface area contributed by atoms with E-state index in [-0.39, 0.29) is 11.3 Å². The van der Waals surface area contributed by atoms with Crippen LogP contribution in [-0.4, -0.2) is 9.97 Å². The number of nitrogens with one attached hydrogen (secondary N) is 1. The van der Waals surface area contributed by atoms with E-state index in [0.29, 0.717) is 5.56 Å². The molecule has 0 radical (unpaired) electrons. The quantitative estimate of drug-likeness (QED) is 0.802. The second kappa shape index (κ2) is 3.84. The van der Waals surface area contributed by atoms with Gasteiger partial charge in [-0.25, -0.2) is 13.8 Å². The number of rotatable bonds is 1. The molecule has 0 spiro atoms. The Balaban J connectivity index is 2.73. The molecule has 16 heavy (non-hydrogen) atoms. The largest absolute Gasteiger partial charge is 0.313 e. The monoisotopic (exact) mass is 222 g/mol. The van der Waals surface area contributed by atoms with Crippen LogP contribution in [0.4, 0.5) is 8.78 Å². The Morgan fingerprint density at radius 1 is 1.31 bits per heavy atom. The Morgan fingerprint density at radius 2 is 2.06 bits per heavy atom. The van der Waals surface area contributed by atoms with E-state index in [1.54, 1.807) is 0 Å². The molecule has 0 saturated heterocycles. The molecule has 0 atom stereocenters. The molecule has 3 nitrogen and oxygen atoms in total. The second-order valence-electron chi connectivity index (χ2n) is 3.35. The van der Waals surface area contributed by atoms with E-state index in [0.717, 1.165) is 18.5 Å². The van der Waals surface area contributed by atoms with Crippen LogP contribution >= 0.6 is 0 Å². The van der Waals surface area contributed by atoms with Gasteiger partial charge in [-0.3, -0.25) is 4.79 Å². The second-order valence-corrected chi connectivity index (χ2v) is 3.35. The van der Waals surface area contributed by atoms with Gasteiger partial charge in [0.2, 0.25) is 0 Å². The smallest absolute Gasteiger partial charge is 0.251 e. The number of hydrogen-bond donors (Lipinski definition) is 1. The highest BCUT2D eigenvalue weighted by atomic mass is 19.1. The van der Waals surface area contributed by atoms with E-state index in [1.807, 2.05) is 0 Å². The highest BCUT2D eigenvalue weighted by molar-refractivity contribution is 5.61. The van der Waals surface area contributed by atoms with Gasteiger partial charge in [-0.1, -0.05) is 6.07 Å². The van der Waals surface area contributed by atoms with Crippen LogP contribution in [0.25, 0.3) is 11.3 Å². The van der Waals surface area contributed by atoms with Crippen LogP contribution in [0.5, 0.6) is 0 Å². The predicted octanol–water partition coefficient (Wildman–Crippen LogP) is 2.02. The molecule has 0 saturated carbocycles. The van der Waals surface area contributed by atoms with Gasteiger partial charge in [0, 0.05) is 6.07 Å². The van der Waals surface area contributed by atoms with Gasteiger partial charge < -0.3 is 4.98 Å². The first-order valence-electron chi connectivity index (χ1n) is 4.59. The van der Waals surface area contributed by atoms with Crippen LogP contribution in [0.3, 0.4) is 0 Å². The van der Waals surface area contributed by atoms with Crippen molar-refractivity contribution < 1.29 is 8.78 Å². The first-order chi connectivity index (χ1) is 7.59. The molecule has 0 fully saturated rings. The van der Waals surface area contributed by atoms with E-state index < -0.39 is 17.2 Å². The van der Waals surface area contributed by atoms with Gasteiger partial charge in [-0.05, 0) is 18.6 Å². The van der Waals surface area contributed by atoms with Crippen molar-refractivity contribution in [2.24, 2.45) is 0 Å². The van der Waals surface area contributed by atoms with Gasteiger partial charge in [-0.2, -0.15) is 0 Å². The summed E-state index contributed by atoms with van der Waals surface area (Å²) in [5.74, 6) is -1.43. The van der Waals surface area contributed by atoms with E-state index in [9.17, 15) is 13.6 Å². The van der Waals surface area contributed by atoms with Gasteiger partial charge in [-0.15, -0.1) is 0 Å². The number of halogens is 2. The Labute approximate surface area is 89.8 Å². The number of aromatic amines is 1. The highest BCUT2D eigenvalue weighted by Crippen LogP contribution is 2.25. The van der Waals surface area contributed by atoms with Crippen molar-refractivity contribution in [3.05, 3.63) is 52.1 Å². The normalized spacial score (nSPS) is 10.4. The van der Waals surface area contributed by atoms with Crippen LogP contribution in [0.15, 0.2) is 29.3 Å². The molecule has 2 aromatic rings. The molecule has 1 heterocycles. The van der Waals surface area contributed by atoms with Crippen molar-refractivity contribution in [2.45, 2.75) is 6.92 Å². The summed E-state index contributed by atoms with van der Waals surface area (Å²) < 4.78 is 27.1. The molecule has 0 amide bonds. The van der Waals surface area contributed by atoms with Crippen LogP contribution in [0.1, 0.15) is 5.56 Å². The maximum absolute atomic E-state index is 13.7. The third-order valence-electron chi connectivity index (χ3n) is 2.22. The SMILES string of the molecule is Cc1ccc(F)c(-c2cc(=O)[nH]cn2)c1F. The molecular weight excluding hydrogens is 214 g/mol. The van der Waals surface area contributed by atoms with E-state index in [1.165, 1.54) is 13.0 Å². The van der Waals surface area contributed by atoms with Crippen molar-refractivity contribution in [1.29, 1.82) is 0 Å². The molecule has 5 heteroatoms. The third kappa shape index (κ3) is 1.71. The lowest BCUT2D eigenvalue weighted by molar-refractivity contribution is 0.582. The zero-order valence-corrected chi connectivity index (χ0v) is 8.42. The van der Waals surface area contributed by atoms with Crippen LogP contribution in [0.2, 0.25) is 0 Å². The topological polar surface area (TPSA) is 45.8 Å². The number of H-pyrrole nitrogens is 1. The summed E-state index contributed by atoms with van der Waals surface area (Å²) in [4.78, 5) is 17.1. The van der Waals surface area contributed by atoms with Gasteiger partial charge >= 0.3 is 0 Å². The van der Waals surface area contributed by atoms with Crippen molar-refractivity contribution in [2.75, 3.05) is 0 Å². The summed E-state index contributed by atoms with van der Waals surface area (Å²) >= 11 is 0. The van der Waals surface area contributed by atoms with Gasteiger partial charge in [0.05, 0.1) is 17.6 Å². The van der Waals surface area contributed by atoms with Crippen molar-refractivity contribution in [1.82, 2.24) is 9.97 Å². The summed E-state index contributed by atoms with van der Waals surface area (Å²) in [5.41, 5.74) is -0.433. The molecule has 1 N–H and O–H groups in total. The fourth-order valence-electron chi connectivity index (χ4n) is 1.40. The molecule has 0 bridgehead atoms.